The van der Waals surface area contributed by atoms with Crippen LogP contribution in [0, 0.1) is 0 Å². The van der Waals surface area contributed by atoms with Gasteiger partial charge in [-0.15, -0.1) is 0 Å². The third-order valence-corrected chi connectivity index (χ3v) is 4.57. The van der Waals surface area contributed by atoms with Gasteiger partial charge in [-0.25, -0.2) is 0 Å². The van der Waals surface area contributed by atoms with E-state index in [1.807, 2.05) is 6.92 Å². The van der Waals surface area contributed by atoms with Crippen molar-refractivity contribution in [1.82, 2.24) is 15.1 Å². The lowest BCUT2D eigenvalue weighted by Crippen LogP contribution is -2.59. The van der Waals surface area contributed by atoms with Crippen molar-refractivity contribution in [3.8, 4) is 0 Å². The van der Waals surface area contributed by atoms with E-state index in [4.69, 9.17) is 4.74 Å². The zero-order valence-electron chi connectivity index (χ0n) is 11.8. The molecule has 108 valence electrons. The molecule has 2 heterocycles. The summed E-state index contributed by atoms with van der Waals surface area (Å²) in [6.45, 7) is 7.38. The second kappa shape index (κ2) is 5.77. The monoisotopic (exact) mass is 267 g/mol. The van der Waals surface area contributed by atoms with Crippen LogP contribution < -0.4 is 5.32 Å². The molecule has 19 heavy (non-hydrogen) atoms. The molecule has 0 radical (unpaired) electrons. The van der Waals surface area contributed by atoms with Crippen LogP contribution in [0.1, 0.15) is 26.2 Å². The molecule has 3 aliphatic rings. The first kappa shape index (κ1) is 13.3. The number of hydrogen-bond acceptors (Lipinski definition) is 5. The topological polar surface area (TPSA) is 44.8 Å². The molecule has 0 bridgehead atoms. The van der Waals surface area contributed by atoms with Gasteiger partial charge in [0.25, 0.3) is 0 Å². The van der Waals surface area contributed by atoms with Crippen molar-refractivity contribution in [1.29, 1.82) is 0 Å². The Morgan fingerprint density at radius 3 is 2.84 bits per heavy atom. The van der Waals surface area contributed by atoms with Crippen LogP contribution in [0.5, 0.6) is 0 Å². The van der Waals surface area contributed by atoms with Crippen molar-refractivity contribution in [2.75, 3.05) is 39.3 Å². The summed E-state index contributed by atoms with van der Waals surface area (Å²) in [5.74, 6) is -0.0560. The molecule has 5 heteroatoms. The Hall–Kier alpha value is -0.650. The van der Waals surface area contributed by atoms with Gasteiger partial charge in [0.1, 0.15) is 6.04 Å². The fraction of sp³-hybridized carbons (Fsp3) is 0.929. The molecule has 1 N–H and O–H groups in total. The molecular weight excluding hydrogens is 242 g/mol. The molecule has 2 atom stereocenters. The minimum Gasteiger partial charge on any atom is -0.465 e. The molecule has 3 rings (SSSR count). The highest BCUT2D eigenvalue weighted by Crippen LogP contribution is 2.31. The molecule has 2 unspecified atom stereocenters. The van der Waals surface area contributed by atoms with Crippen molar-refractivity contribution in [2.24, 2.45) is 0 Å². The summed E-state index contributed by atoms with van der Waals surface area (Å²) in [7, 11) is 0. The summed E-state index contributed by atoms with van der Waals surface area (Å²) >= 11 is 0. The zero-order chi connectivity index (χ0) is 13.2. The van der Waals surface area contributed by atoms with Crippen LogP contribution in [0.3, 0.4) is 0 Å². The van der Waals surface area contributed by atoms with E-state index in [1.165, 1.54) is 25.8 Å². The second-order valence-corrected chi connectivity index (χ2v) is 5.88. The maximum atomic E-state index is 12.1. The predicted molar refractivity (Wildman–Crippen MR) is 73.0 cm³/mol. The van der Waals surface area contributed by atoms with Crippen molar-refractivity contribution >= 4 is 5.97 Å². The standard InChI is InChI=1S/C14H25N3O2/c1-2-19-14(18)13-9-15-6-8-17(13)12-5-7-16(10-12)11-3-4-11/h11-13,15H,2-10H2,1H3. The summed E-state index contributed by atoms with van der Waals surface area (Å²) in [5, 5.41) is 3.32. The Morgan fingerprint density at radius 1 is 1.26 bits per heavy atom. The summed E-state index contributed by atoms with van der Waals surface area (Å²) in [4.78, 5) is 17.1. The highest BCUT2D eigenvalue weighted by Gasteiger charge is 2.40. The van der Waals surface area contributed by atoms with Crippen LogP contribution in [0.25, 0.3) is 0 Å². The van der Waals surface area contributed by atoms with Crippen LogP contribution in [0.4, 0.5) is 0 Å². The lowest BCUT2D eigenvalue weighted by Gasteiger charge is -2.38. The lowest BCUT2D eigenvalue weighted by molar-refractivity contribution is -0.151. The van der Waals surface area contributed by atoms with Gasteiger partial charge in [0, 0.05) is 44.8 Å². The number of ether oxygens (including phenoxy) is 1. The molecule has 1 saturated carbocycles. The van der Waals surface area contributed by atoms with Crippen LogP contribution in [0.15, 0.2) is 0 Å². The first-order valence-corrected chi connectivity index (χ1v) is 7.66. The largest absolute Gasteiger partial charge is 0.465 e. The molecular formula is C14H25N3O2. The highest BCUT2D eigenvalue weighted by atomic mass is 16.5. The van der Waals surface area contributed by atoms with Gasteiger partial charge < -0.3 is 10.1 Å². The normalized spacial score (nSPS) is 33.5. The van der Waals surface area contributed by atoms with Crippen molar-refractivity contribution < 1.29 is 9.53 Å². The van der Waals surface area contributed by atoms with Crippen LogP contribution in [-0.2, 0) is 9.53 Å². The van der Waals surface area contributed by atoms with E-state index in [-0.39, 0.29) is 12.0 Å². The van der Waals surface area contributed by atoms with Gasteiger partial charge in [0.2, 0.25) is 0 Å². The molecule has 2 saturated heterocycles. The maximum absolute atomic E-state index is 12.1. The van der Waals surface area contributed by atoms with Crippen molar-refractivity contribution in [3.05, 3.63) is 0 Å². The van der Waals surface area contributed by atoms with E-state index in [0.29, 0.717) is 12.6 Å². The first-order chi connectivity index (χ1) is 9.29. The fourth-order valence-electron chi connectivity index (χ4n) is 3.42. The summed E-state index contributed by atoms with van der Waals surface area (Å²) < 4.78 is 5.22. The van der Waals surface area contributed by atoms with Crippen LogP contribution in [-0.4, -0.2) is 73.2 Å². The van der Waals surface area contributed by atoms with E-state index in [9.17, 15) is 4.79 Å². The number of piperazine rings is 1. The van der Waals surface area contributed by atoms with Gasteiger partial charge in [-0.2, -0.15) is 0 Å². The van der Waals surface area contributed by atoms with E-state index in [2.05, 4.69) is 15.1 Å². The first-order valence-electron chi connectivity index (χ1n) is 7.66. The average Bonchev–Trinajstić information content (AvgIpc) is 3.17. The lowest BCUT2D eigenvalue weighted by atomic mass is 10.1. The van der Waals surface area contributed by atoms with Crippen molar-refractivity contribution in [2.45, 2.75) is 44.3 Å². The molecule has 0 aromatic heterocycles. The summed E-state index contributed by atoms with van der Waals surface area (Å²) in [6, 6.07) is 1.30. The maximum Gasteiger partial charge on any atom is 0.324 e. The number of nitrogens with one attached hydrogen (secondary N) is 1. The Balaban J connectivity index is 1.61. The number of nitrogens with zero attached hydrogens (tertiary/aromatic N) is 2. The van der Waals surface area contributed by atoms with E-state index in [0.717, 1.165) is 32.2 Å². The van der Waals surface area contributed by atoms with Crippen LogP contribution >= 0.6 is 0 Å². The minimum atomic E-state index is -0.0853. The van der Waals surface area contributed by atoms with Gasteiger partial charge >= 0.3 is 5.97 Å². The number of hydrogen-bond donors (Lipinski definition) is 1. The fourth-order valence-corrected chi connectivity index (χ4v) is 3.42. The number of likely N-dealkylation sites (tertiary alicyclic amines) is 1. The smallest absolute Gasteiger partial charge is 0.324 e. The SMILES string of the molecule is CCOC(=O)C1CNCCN1C1CCN(C2CC2)C1. The Labute approximate surface area is 115 Å². The Kier molecular flexibility index (Phi) is 4.05. The number of rotatable bonds is 4. The van der Waals surface area contributed by atoms with Gasteiger partial charge in [0.15, 0.2) is 0 Å². The molecule has 0 aromatic rings. The van der Waals surface area contributed by atoms with Gasteiger partial charge in [-0.3, -0.25) is 14.6 Å². The number of carbonyl (C=O) groups is 1. The van der Waals surface area contributed by atoms with E-state index in [1.54, 1.807) is 0 Å². The molecule has 0 spiro atoms. The predicted octanol–water partition coefficient (Wildman–Crippen LogP) is 0.0600. The molecule has 3 fully saturated rings. The molecule has 0 amide bonds. The summed E-state index contributed by atoms with van der Waals surface area (Å²) in [5.41, 5.74) is 0. The zero-order valence-corrected chi connectivity index (χ0v) is 11.8. The highest BCUT2D eigenvalue weighted by molar-refractivity contribution is 5.76. The number of esters is 1. The van der Waals surface area contributed by atoms with Crippen molar-refractivity contribution in [3.63, 3.8) is 0 Å². The van der Waals surface area contributed by atoms with E-state index < -0.39 is 0 Å². The average molecular weight is 267 g/mol. The Bertz CT molecular complexity index is 333. The van der Waals surface area contributed by atoms with Gasteiger partial charge in [-0.05, 0) is 26.2 Å². The van der Waals surface area contributed by atoms with E-state index >= 15 is 0 Å². The quantitative estimate of drug-likeness (QED) is 0.730. The third-order valence-electron chi connectivity index (χ3n) is 4.57. The Morgan fingerprint density at radius 2 is 2.11 bits per heavy atom. The second-order valence-electron chi connectivity index (χ2n) is 5.88. The van der Waals surface area contributed by atoms with Gasteiger partial charge in [-0.1, -0.05) is 0 Å². The minimum absolute atomic E-state index is 0.0560. The third kappa shape index (κ3) is 2.93. The van der Waals surface area contributed by atoms with Crippen LogP contribution in [0.2, 0.25) is 0 Å². The van der Waals surface area contributed by atoms with Gasteiger partial charge in [0.05, 0.1) is 6.61 Å². The number of carbonyl (C=O) groups excluding carboxylic acids is 1. The molecule has 0 aromatic carbocycles. The molecule has 1 aliphatic carbocycles. The molecule has 5 nitrogen and oxygen atoms in total. The summed E-state index contributed by atoms with van der Waals surface area (Å²) in [6.07, 6.45) is 3.94. The molecule has 2 aliphatic heterocycles.